The quantitative estimate of drug-likeness (QED) is 0.425. The van der Waals surface area contributed by atoms with Crippen LogP contribution in [-0.2, 0) is 14.3 Å². The van der Waals surface area contributed by atoms with Gasteiger partial charge in [0.2, 0.25) is 5.78 Å². The van der Waals surface area contributed by atoms with Gasteiger partial charge in [-0.15, -0.1) is 11.3 Å². The molecule has 0 saturated carbocycles. The molecule has 0 aromatic carbocycles. The number of amides is 3. The zero-order valence-corrected chi connectivity index (χ0v) is 16.3. The summed E-state index contributed by atoms with van der Waals surface area (Å²) in [5.74, 6) is -1.15. The minimum Gasteiger partial charge on any atom is -0.456 e. The summed E-state index contributed by atoms with van der Waals surface area (Å²) in [5.41, 5.74) is -1.01. The Morgan fingerprint density at radius 3 is 2.58 bits per heavy atom. The van der Waals surface area contributed by atoms with E-state index in [4.69, 9.17) is 4.74 Å². The number of esters is 1. The summed E-state index contributed by atoms with van der Waals surface area (Å²) in [6.45, 7) is 6.69. The number of carbonyl (C=O) groups excluding carboxylic acids is 4. The van der Waals surface area contributed by atoms with Crippen LogP contribution in [0.3, 0.4) is 0 Å². The van der Waals surface area contributed by atoms with E-state index < -0.39 is 36.6 Å². The van der Waals surface area contributed by atoms with E-state index in [1.54, 1.807) is 13.0 Å². The lowest BCUT2D eigenvalue weighted by atomic mass is 9.92. The van der Waals surface area contributed by atoms with Crippen LogP contribution in [-0.4, -0.2) is 47.3 Å². The summed E-state index contributed by atoms with van der Waals surface area (Å²) in [5, 5.41) is 2.65. The lowest BCUT2D eigenvalue weighted by molar-refractivity contribution is -0.146. The third kappa shape index (κ3) is 4.69. The van der Waals surface area contributed by atoms with Crippen molar-refractivity contribution < 1.29 is 23.9 Å². The first-order valence-corrected chi connectivity index (χ1v) is 9.33. The van der Waals surface area contributed by atoms with Gasteiger partial charge in [0.1, 0.15) is 12.1 Å². The minimum absolute atomic E-state index is 0.310. The number of hydrogen-bond acceptors (Lipinski definition) is 6. The topological polar surface area (TPSA) is 92.8 Å². The van der Waals surface area contributed by atoms with Gasteiger partial charge in [-0.3, -0.25) is 19.3 Å². The highest BCUT2D eigenvalue weighted by atomic mass is 32.1. The van der Waals surface area contributed by atoms with Gasteiger partial charge >= 0.3 is 12.0 Å². The molecule has 0 radical (unpaired) electrons. The average Bonchev–Trinajstić information content (AvgIpc) is 3.08. The molecule has 2 rings (SSSR count). The zero-order chi connectivity index (χ0) is 19.5. The fraction of sp³-hybridized carbons (Fsp3) is 0.556. The van der Waals surface area contributed by atoms with Crippen LogP contribution in [0.15, 0.2) is 12.1 Å². The van der Waals surface area contributed by atoms with Crippen molar-refractivity contribution in [3.63, 3.8) is 0 Å². The summed E-state index contributed by atoms with van der Waals surface area (Å²) < 4.78 is 4.94. The van der Waals surface area contributed by atoms with Crippen molar-refractivity contribution in [2.45, 2.75) is 46.1 Å². The Hall–Kier alpha value is -2.22. The molecule has 1 aromatic heterocycles. The largest absolute Gasteiger partial charge is 0.456 e. The van der Waals surface area contributed by atoms with Crippen LogP contribution in [0.2, 0.25) is 0 Å². The lowest BCUT2D eigenvalue weighted by Gasteiger charge is -2.22. The Morgan fingerprint density at radius 1 is 1.31 bits per heavy atom. The molecule has 1 fully saturated rings. The van der Waals surface area contributed by atoms with Gasteiger partial charge in [-0.2, -0.15) is 0 Å². The Bertz CT molecular complexity index is 727. The van der Waals surface area contributed by atoms with Crippen LogP contribution in [0.4, 0.5) is 4.79 Å². The predicted molar refractivity (Wildman–Crippen MR) is 97.1 cm³/mol. The SMILES string of the molecule is Cc1ccc(C(=O)COC(=O)CN2C(=O)N[C@@](C)(CCC(C)C)C2=O)s1. The zero-order valence-electron chi connectivity index (χ0n) is 15.5. The molecule has 0 spiro atoms. The molecule has 1 saturated heterocycles. The second-order valence-electron chi connectivity index (χ2n) is 7.08. The Balaban J connectivity index is 1.89. The molecule has 1 atom stereocenters. The van der Waals surface area contributed by atoms with Crippen LogP contribution in [0, 0.1) is 12.8 Å². The van der Waals surface area contributed by atoms with E-state index in [-0.39, 0.29) is 5.78 Å². The molecule has 142 valence electrons. The van der Waals surface area contributed by atoms with Gasteiger partial charge in [0.05, 0.1) is 4.88 Å². The number of nitrogens with zero attached hydrogens (tertiary/aromatic N) is 1. The molecule has 1 aliphatic heterocycles. The number of carbonyl (C=O) groups is 4. The van der Waals surface area contributed by atoms with Crippen molar-refractivity contribution in [2.75, 3.05) is 13.2 Å². The molecule has 1 aliphatic rings. The molecule has 8 heteroatoms. The Labute approximate surface area is 156 Å². The molecule has 2 heterocycles. The monoisotopic (exact) mass is 380 g/mol. The number of Topliss-reactive ketones (excluding diaryl/α,β-unsaturated/α-hetero) is 1. The summed E-state index contributed by atoms with van der Waals surface area (Å²) in [7, 11) is 0. The van der Waals surface area contributed by atoms with Crippen molar-refractivity contribution in [2.24, 2.45) is 5.92 Å². The highest BCUT2D eigenvalue weighted by molar-refractivity contribution is 7.14. The Morgan fingerprint density at radius 2 is 2.00 bits per heavy atom. The third-order valence-corrected chi connectivity index (χ3v) is 5.28. The number of imide groups is 1. The van der Waals surface area contributed by atoms with Crippen LogP contribution >= 0.6 is 11.3 Å². The number of thiophene rings is 1. The molecule has 0 bridgehead atoms. The van der Waals surface area contributed by atoms with Gasteiger partial charge in [-0.25, -0.2) is 4.79 Å². The van der Waals surface area contributed by atoms with E-state index >= 15 is 0 Å². The number of ether oxygens (including phenoxy) is 1. The fourth-order valence-electron chi connectivity index (χ4n) is 2.61. The average molecular weight is 380 g/mol. The van der Waals surface area contributed by atoms with Crippen LogP contribution in [0.1, 0.15) is 48.2 Å². The van der Waals surface area contributed by atoms with Gasteiger partial charge in [0, 0.05) is 4.88 Å². The van der Waals surface area contributed by atoms with Gasteiger partial charge in [-0.1, -0.05) is 13.8 Å². The number of nitrogens with one attached hydrogen (secondary N) is 1. The molecule has 26 heavy (non-hydrogen) atoms. The van der Waals surface area contributed by atoms with Crippen LogP contribution < -0.4 is 5.32 Å². The maximum absolute atomic E-state index is 12.5. The first-order valence-electron chi connectivity index (χ1n) is 8.52. The van der Waals surface area contributed by atoms with Crippen molar-refractivity contribution in [3.8, 4) is 0 Å². The maximum Gasteiger partial charge on any atom is 0.326 e. The molecule has 7 nitrogen and oxygen atoms in total. The summed E-state index contributed by atoms with van der Waals surface area (Å²) in [4.78, 5) is 50.8. The number of aryl methyl sites for hydroxylation is 1. The van der Waals surface area contributed by atoms with Gasteiger partial charge < -0.3 is 10.1 Å². The highest BCUT2D eigenvalue weighted by Crippen LogP contribution is 2.24. The van der Waals surface area contributed by atoms with E-state index in [1.807, 2.05) is 26.8 Å². The number of urea groups is 1. The molecular formula is C18H24N2O5S. The minimum atomic E-state index is -1.01. The number of rotatable bonds is 8. The van der Waals surface area contributed by atoms with Crippen molar-refractivity contribution >= 4 is 35.0 Å². The molecule has 1 N–H and O–H groups in total. The van der Waals surface area contributed by atoms with E-state index in [0.717, 1.165) is 16.2 Å². The third-order valence-electron chi connectivity index (χ3n) is 4.23. The van der Waals surface area contributed by atoms with E-state index in [2.05, 4.69) is 5.32 Å². The summed E-state index contributed by atoms with van der Waals surface area (Å²) in [6, 6.07) is 2.87. The molecular weight excluding hydrogens is 356 g/mol. The molecule has 0 aliphatic carbocycles. The summed E-state index contributed by atoms with van der Waals surface area (Å²) in [6.07, 6.45) is 1.27. The standard InChI is InChI=1S/C18H24N2O5S/c1-11(2)7-8-18(4)16(23)20(17(24)19-18)9-15(22)25-10-13(21)14-6-5-12(3)26-14/h5-6,11H,7-10H2,1-4H3,(H,19,24)/t18-/m0/s1. The first-order chi connectivity index (χ1) is 12.1. The Kier molecular flexibility index (Phi) is 6.17. The normalized spacial score (nSPS) is 19.8. The van der Waals surface area contributed by atoms with E-state index in [1.165, 1.54) is 11.3 Å². The number of ketones is 1. The molecule has 1 aromatic rings. The molecule has 3 amide bonds. The highest BCUT2D eigenvalue weighted by Gasteiger charge is 2.48. The fourth-order valence-corrected chi connectivity index (χ4v) is 3.41. The molecule has 0 unspecified atom stereocenters. The maximum atomic E-state index is 12.5. The van der Waals surface area contributed by atoms with Crippen molar-refractivity contribution in [1.29, 1.82) is 0 Å². The lowest BCUT2D eigenvalue weighted by Crippen LogP contribution is -2.44. The van der Waals surface area contributed by atoms with Gasteiger partial charge in [0.25, 0.3) is 5.91 Å². The summed E-state index contributed by atoms with van der Waals surface area (Å²) >= 11 is 1.32. The van der Waals surface area contributed by atoms with E-state index in [9.17, 15) is 19.2 Å². The smallest absolute Gasteiger partial charge is 0.326 e. The second kappa shape index (κ2) is 7.99. The van der Waals surface area contributed by atoms with Crippen molar-refractivity contribution in [3.05, 3.63) is 21.9 Å². The first kappa shape index (κ1) is 20.1. The second-order valence-corrected chi connectivity index (χ2v) is 8.37. The van der Waals surface area contributed by atoms with Gasteiger partial charge in [0.15, 0.2) is 6.61 Å². The van der Waals surface area contributed by atoms with Crippen LogP contribution in [0.5, 0.6) is 0 Å². The predicted octanol–water partition coefficient (Wildman–Crippen LogP) is 2.53. The van der Waals surface area contributed by atoms with Crippen molar-refractivity contribution in [1.82, 2.24) is 10.2 Å². The number of hydrogen-bond donors (Lipinski definition) is 1. The van der Waals surface area contributed by atoms with Gasteiger partial charge in [-0.05, 0) is 44.7 Å². The van der Waals surface area contributed by atoms with E-state index in [0.29, 0.717) is 17.2 Å². The van der Waals surface area contributed by atoms with Crippen LogP contribution in [0.25, 0.3) is 0 Å².